The van der Waals surface area contributed by atoms with E-state index in [9.17, 15) is 8.42 Å². The molecule has 17 heavy (non-hydrogen) atoms. The fourth-order valence-electron chi connectivity index (χ4n) is 2.36. The summed E-state index contributed by atoms with van der Waals surface area (Å²) in [6, 6.07) is 0.695. The first kappa shape index (κ1) is 14.9. The molecule has 0 aromatic rings. The molecule has 1 heterocycles. The van der Waals surface area contributed by atoms with E-state index in [0.29, 0.717) is 17.5 Å². The zero-order chi connectivity index (χ0) is 12.9. The molecule has 4 nitrogen and oxygen atoms in total. The Hall–Kier alpha value is -0.130. The highest BCUT2D eigenvalue weighted by molar-refractivity contribution is 7.91. The van der Waals surface area contributed by atoms with Crippen LogP contribution in [0.1, 0.15) is 33.1 Å². The molecule has 102 valence electrons. The lowest BCUT2D eigenvalue weighted by Crippen LogP contribution is -2.39. The van der Waals surface area contributed by atoms with Crippen molar-refractivity contribution in [2.75, 3.05) is 31.6 Å². The third kappa shape index (κ3) is 4.94. The van der Waals surface area contributed by atoms with Crippen molar-refractivity contribution < 1.29 is 8.42 Å². The van der Waals surface area contributed by atoms with Crippen LogP contribution in [0.25, 0.3) is 0 Å². The molecule has 1 aliphatic rings. The van der Waals surface area contributed by atoms with Crippen molar-refractivity contribution in [3.63, 3.8) is 0 Å². The first-order chi connectivity index (χ1) is 7.96. The summed E-state index contributed by atoms with van der Waals surface area (Å²) in [6.45, 7) is 6.37. The second kappa shape index (κ2) is 6.71. The summed E-state index contributed by atoms with van der Waals surface area (Å²) in [7, 11) is -0.698. The van der Waals surface area contributed by atoms with E-state index < -0.39 is 9.84 Å². The van der Waals surface area contributed by atoms with E-state index in [4.69, 9.17) is 0 Å². The second-order valence-electron chi connectivity index (χ2n) is 5.07. The average molecular weight is 262 g/mol. The maximum atomic E-state index is 11.4. The van der Waals surface area contributed by atoms with Gasteiger partial charge in [0.15, 0.2) is 9.84 Å². The number of nitrogens with zero attached hydrogens (tertiary/aromatic N) is 1. The van der Waals surface area contributed by atoms with Crippen molar-refractivity contribution in [2.24, 2.45) is 0 Å². The second-order valence-corrected chi connectivity index (χ2v) is 7.30. The molecule has 1 N–H and O–H groups in total. The highest BCUT2D eigenvalue weighted by Crippen LogP contribution is 2.19. The average Bonchev–Trinajstić information content (AvgIpc) is 2.64. The lowest BCUT2D eigenvalue weighted by molar-refractivity contribution is 0.188. The van der Waals surface area contributed by atoms with Crippen LogP contribution in [0, 0.1) is 0 Å². The summed E-state index contributed by atoms with van der Waals surface area (Å²) in [5.74, 6) is 0.715. The molecule has 2 unspecified atom stereocenters. The SMILES string of the molecule is CCNCCCC(C)N(C)C1CCS(=O)(=O)C1. The summed E-state index contributed by atoms with van der Waals surface area (Å²) in [4.78, 5) is 2.25. The minimum Gasteiger partial charge on any atom is -0.317 e. The number of sulfone groups is 1. The van der Waals surface area contributed by atoms with Gasteiger partial charge in [0.25, 0.3) is 0 Å². The largest absolute Gasteiger partial charge is 0.317 e. The zero-order valence-electron chi connectivity index (χ0n) is 11.3. The molecule has 0 aromatic heterocycles. The number of rotatable bonds is 7. The first-order valence-corrected chi connectivity index (χ1v) is 8.41. The molecule has 0 aromatic carbocycles. The van der Waals surface area contributed by atoms with Gasteiger partial charge in [0.05, 0.1) is 11.5 Å². The molecule has 1 fully saturated rings. The summed E-state index contributed by atoms with van der Waals surface area (Å²) in [5.41, 5.74) is 0. The smallest absolute Gasteiger partial charge is 0.151 e. The van der Waals surface area contributed by atoms with E-state index in [0.717, 1.165) is 32.4 Å². The predicted octanol–water partition coefficient (Wildman–Crippen LogP) is 0.884. The molecule has 0 saturated carbocycles. The Morgan fingerprint density at radius 1 is 1.47 bits per heavy atom. The molecule has 0 amide bonds. The van der Waals surface area contributed by atoms with E-state index in [1.807, 2.05) is 0 Å². The number of hydrogen-bond acceptors (Lipinski definition) is 4. The Morgan fingerprint density at radius 3 is 2.71 bits per heavy atom. The van der Waals surface area contributed by atoms with E-state index in [-0.39, 0.29) is 6.04 Å². The van der Waals surface area contributed by atoms with Gasteiger partial charge in [-0.3, -0.25) is 4.90 Å². The fraction of sp³-hybridized carbons (Fsp3) is 1.00. The molecule has 1 saturated heterocycles. The van der Waals surface area contributed by atoms with E-state index in [2.05, 4.69) is 31.1 Å². The predicted molar refractivity (Wildman–Crippen MR) is 72.1 cm³/mol. The van der Waals surface area contributed by atoms with Crippen LogP contribution >= 0.6 is 0 Å². The van der Waals surface area contributed by atoms with E-state index in [1.54, 1.807) is 0 Å². The normalized spacial score (nSPS) is 25.3. The monoisotopic (exact) mass is 262 g/mol. The summed E-state index contributed by atoms with van der Waals surface area (Å²) in [6.07, 6.45) is 3.08. The topological polar surface area (TPSA) is 49.4 Å². The minimum absolute atomic E-state index is 0.231. The molecule has 0 radical (unpaired) electrons. The van der Waals surface area contributed by atoms with Gasteiger partial charge in [0.2, 0.25) is 0 Å². The van der Waals surface area contributed by atoms with Gasteiger partial charge in [-0.05, 0) is 46.3 Å². The van der Waals surface area contributed by atoms with Crippen LogP contribution in [-0.2, 0) is 9.84 Å². The van der Waals surface area contributed by atoms with Crippen LogP contribution in [0.4, 0.5) is 0 Å². The van der Waals surface area contributed by atoms with E-state index in [1.165, 1.54) is 0 Å². The maximum absolute atomic E-state index is 11.4. The van der Waals surface area contributed by atoms with Crippen molar-refractivity contribution in [1.82, 2.24) is 10.2 Å². The zero-order valence-corrected chi connectivity index (χ0v) is 12.1. The van der Waals surface area contributed by atoms with Gasteiger partial charge in [-0.1, -0.05) is 6.92 Å². The van der Waals surface area contributed by atoms with Gasteiger partial charge < -0.3 is 5.32 Å². The maximum Gasteiger partial charge on any atom is 0.151 e. The highest BCUT2D eigenvalue weighted by atomic mass is 32.2. The van der Waals surface area contributed by atoms with Gasteiger partial charge >= 0.3 is 0 Å². The third-order valence-corrected chi connectivity index (χ3v) is 5.46. The molecule has 1 aliphatic heterocycles. The van der Waals surface area contributed by atoms with Crippen LogP contribution in [-0.4, -0.2) is 57.0 Å². The first-order valence-electron chi connectivity index (χ1n) is 6.59. The van der Waals surface area contributed by atoms with Crippen LogP contribution in [0.5, 0.6) is 0 Å². The molecule has 1 rings (SSSR count). The van der Waals surface area contributed by atoms with Gasteiger partial charge in [0, 0.05) is 12.1 Å². The number of nitrogens with one attached hydrogen (secondary N) is 1. The summed E-state index contributed by atoms with van der Waals surface area (Å²) < 4.78 is 22.9. The highest BCUT2D eigenvalue weighted by Gasteiger charge is 2.32. The van der Waals surface area contributed by atoms with Crippen LogP contribution in [0.2, 0.25) is 0 Å². The fourth-order valence-corrected chi connectivity index (χ4v) is 4.15. The Balaban J connectivity index is 2.29. The lowest BCUT2D eigenvalue weighted by Gasteiger charge is -2.29. The summed E-state index contributed by atoms with van der Waals surface area (Å²) >= 11 is 0. The van der Waals surface area contributed by atoms with Crippen molar-refractivity contribution in [1.29, 1.82) is 0 Å². The van der Waals surface area contributed by atoms with Gasteiger partial charge in [-0.25, -0.2) is 8.42 Å². The Labute approximate surface area is 106 Å². The molecule has 0 bridgehead atoms. The Bertz CT molecular complexity index is 316. The molecule has 5 heteroatoms. The van der Waals surface area contributed by atoms with Gasteiger partial charge in [-0.2, -0.15) is 0 Å². The minimum atomic E-state index is -2.76. The summed E-state index contributed by atoms with van der Waals surface area (Å²) in [5, 5.41) is 3.31. The van der Waals surface area contributed by atoms with Gasteiger partial charge in [0.1, 0.15) is 0 Å². The van der Waals surface area contributed by atoms with Gasteiger partial charge in [-0.15, -0.1) is 0 Å². The van der Waals surface area contributed by atoms with Crippen LogP contribution in [0.15, 0.2) is 0 Å². The Morgan fingerprint density at radius 2 is 2.18 bits per heavy atom. The molecule has 0 spiro atoms. The Kier molecular flexibility index (Phi) is 5.89. The van der Waals surface area contributed by atoms with Crippen molar-refractivity contribution >= 4 is 9.84 Å². The molecular weight excluding hydrogens is 236 g/mol. The van der Waals surface area contributed by atoms with Crippen molar-refractivity contribution in [3.8, 4) is 0 Å². The third-order valence-electron chi connectivity index (χ3n) is 3.71. The lowest BCUT2D eigenvalue weighted by atomic mass is 10.1. The van der Waals surface area contributed by atoms with Crippen molar-refractivity contribution in [2.45, 2.75) is 45.2 Å². The standard InChI is InChI=1S/C12H26N2O2S/c1-4-13-8-5-6-11(2)14(3)12-7-9-17(15,16)10-12/h11-13H,4-10H2,1-3H3. The van der Waals surface area contributed by atoms with E-state index >= 15 is 0 Å². The van der Waals surface area contributed by atoms with Crippen molar-refractivity contribution in [3.05, 3.63) is 0 Å². The van der Waals surface area contributed by atoms with Crippen LogP contribution in [0.3, 0.4) is 0 Å². The quantitative estimate of drug-likeness (QED) is 0.692. The molecule has 2 atom stereocenters. The molecule has 0 aliphatic carbocycles. The number of hydrogen-bond donors (Lipinski definition) is 1. The van der Waals surface area contributed by atoms with Crippen LogP contribution < -0.4 is 5.32 Å². The molecular formula is C12H26N2O2S.